The average molecular weight is 521 g/mol. The maximum atomic E-state index is 13.4. The fraction of sp³-hybridized carbons (Fsp3) is 0.0645. The second-order valence-corrected chi connectivity index (χ2v) is 9.01. The van der Waals surface area contributed by atoms with Gasteiger partial charge in [0, 0.05) is 5.39 Å². The molecule has 0 aliphatic rings. The van der Waals surface area contributed by atoms with E-state index in [1.807, 2.05) is 78.9 Å². The minimum atomic E-state index is -0.549. The summed E-state index contributed by atoms with van der Waals surface area (Å²) >= 11 is 5.51. The molecule has 0 saturated heterocycles. The number of benzene rings is 4. The van der Waals surface area contributed by atoms with Gasteiger partial charge >= 0.3 is 5.63 Å². The zero-order chi connectivity index (χ0) is 26.5. The minimum absolute atomic E-state index is 0.104. The first-order chi connectivity index (χ1) is 18.5. The van der Waals surface area contributed by atoms with E-state index in [9.17, 15) is 9.59 Å². The Morgan fingerprint density at radius 2 is 1.47 bits per heavy atom. The summed E-state index contributed by atoms with van der Waals surface area (Å²) in [4.78, 5) is 26.1. The van der Waals surface area contributed by atoms with Crippen molar-refractivity contribution in [3.63, 3.8) is 0 Å². The van der Waals surface area contributed by atoms with E-state index < -0.39 is 11.5 Å². The predicted molar refractivity (Wildman–Crippen MR) is 154 cm³/mol. The van der Waals surface area contributed by atoms with Gasteiger partial charge in [-0.05, 0) is 53.2 Å². The van der Waals surface area contributed by atoms with Crippen molar-refractivity contribution < 1.29 is 13.9 Å². The normalized spacial score (nSPS) is 10.8. The Morgan fingerprint density at radius 3 is 2.13 bits per heavy atom. The monoisotopic (exact) mass is 520 g/mol. The zero-order valence-electron chi connectivity index (χ0n) is 20.5. The van der Waals surface area contributed by atoms with E-state index in [2.05, 4.69) is 10.6 Å². The quantitative estimate of drug-likeness (QED) is 0.208. The van der Waals surface area contributed by atoms with Crippen molar-refractivity contribution in [2.45, 2.75) is 5.92 Å². The van der Waals surface area contributed by atoms with Crippen molar-refractivity contribution >= 4 is 39.9 Å². The van der Waals surface area contributed by atoms with E-state index >= 15 is 0 Å². The number of methoxy groups -OCH3 is 1. The molecule has 0 fully saturated rings. The van der Waals surface area contributed by atoms with Gasteiger partial charge in [0.2, 0.25) is 5.91 Å². The predicted octanol–water partition coefficient (Wildman–Crippen LogP) is 6.11. The summed E-state index contributed by atoms with van der Waals surface area (Å²) in [5.41, 5.74) is 3.28. The minimum Gasteiger partial charge on any atom is -0.495 e. The second kappa shape index (κ2) is 11.1. The smallest absolute Gasteiger partial charge is 0.344 e. The van der Waals surface area contributed by atoms with Crippen molar-refractivity contribution in [1.29, 1.82) is 0 Å². The molecule has 5 aromatic rings. The average Bonchev–Trinajstić information content (AvgIpc) is 2.94. The molecule has 38 heavy (non-hydrogen) atoms. The van der Waals surface area contributed by atoms with E-state index in [0.29, 0.717) is 28.1 Å². The van der Waals surface area contributed by atoms with Crippen LogP contribution in [0.5, 0.6) is 5.75 Å². The van der Waals surface area contributed by atoms with Crippen LogP contribution in [0.25, 0.3) is 22.1 Å². The number of nitrogens with one attached hydrogen (secondary N) is 2. The number of amides is 1. The molecule has 0 spiro atoms. The molecule has 0 saturated carbocycles. The van der Waals surface area contributed by atoms with Crippen molar-refractivity contribution in [2.75, 3.05) is 12.4 Å². The highest BCUT2D eigenvalue weighted by Crippen LogP contribution is 2.31. The lowest BCUT2D eigenvalue weighted by Gasteiger charge is -2.19. The number of anilines is 1. The van der Waals surface area contributed by atoms with Gasteiger partial charge in [0.25, 0.3) is 0 Å². The molecule has 188 valence electrons. The molecule has 0 radical (unpaired) electrons. The lowest BCUT2D eigenvalue weighted by Crippen LogP contribution is -2.38. The molecule has 0 atom stereocenters. The highest BCUT2D eigenvalue weighted by atomic mass is 32.1. The van der Waals surface area contributed by atoms with Crippen LogP contribution in [0, 0.1) is 0 Å². The molecule has 1 aromatic heterocycles. The Morgan fingerprint density at radius 1 is 0.842 bits per heavy atom. The molecular weight excluding hydrogens is 496 g/mol. The number of carbonyl (C=O) groups is 1. The summed E-state index contributed by atoms with van der Waals surface area (Å²) in [6.07, 6.45) is 0. The lowest BCUT2D eigenvalue weighted by atomic mass is 9.90. The third kappa shape index (κ3) is 5.33. The molecule has 2 N–H and O–H groups in total. The lowest BCUT2D eigenvalue weighted by molar-refractivity contribution is -0.120. The number of hydrogen-bond acceptors (Lipinski definition) is 5. The largest absolute Gasteiger partial charge is 0.495 e. The summed E-state index contributed by atoms with van der Waals surface area (Å²) in [6, 6.07) is 33.4. The summed E-state index contributed by atoms with van der Waals surface area (Å²) in [7, 11) is 1.53. The maximum Gasteiger partial charge on any atom is 0.344 e. The van der Waals surface area contributed by atoms with Crippen LogP contribution < -0.4 is 21.0 Å². The second-order valence-electron chi connectivity index (χ2n) is 8.60. The molecule has 7 heteroatoms. The van der Waals surface area contributed by atoms with Crippen LogP contribution in [0.1, 0.15) is 17.0 Å². The van der Waals surface area contributed by atoms with E-state index in [-0.39, 0.29) is 11.0 Å². The number of thiocarbonyl (C=S) groups is 1. The molecule has 0 aliphatic carbocycles. The van der Waals surface area contributed by atoms with Crippen LogP contribution in [0.15, 0.2) is 118 Å². The van der Waals surface area contributed by atoms with E-state index in [1.54, 1.807) is 30.3 Å². The van der Waals surface area contributed by atoms with Crippen molar-refractivity contribution in [2.24, 2.45) is 0 Å². The fourth-order valence-electron chi connectivity index (χ4n) is 4.36. The van der Waals surface area contributed by atoms with Gasteiger partial charge in [-0.15, -0.1) is 0 Å². The Balaban J connectivity index is 1.41. The van der Waals surface area contributed by atoms with Crippen molar-refractivity contribution in [3.8, 4) is 16.9 Å². The van der Waals surface area contributed by atoms with Gasteiger partial charge in [-0.25, -0.2) is 4.79 Å². The number of ether oxygens (including phenoxy) is 1. The Kier molecular flexibility index (Phi) is 7.28. The van der Waals surface area contributed by atoms with Crippen LogP contribution >= 0.6 is 12.2 Å². The standard InChI is InChI=1S/C31H24N2O4S/c1-36-27-17-16-22(24-18-23-14-8-9-15-26(23)37-30(24)35)19-25(27)32-31(38)33-29(34)28(20-10-4-2-5-11-20)21-12-6-3-7-13-21/h2-19,28H,1H3,(H2,32,33,34,38). The number of rotatable bonds is 6. The van der Waals surface area contributed by atoms with Gasteiger partial charge in [-0.2, -0.15) is 0 Å². The number of para-hydroxylation sites is 1. The van der Waals surface area contributed by atoms with Crippen LogP contribution in [-0.2, 0) is 4.79 Å². The molecule has 0 unspecified atom stereocenters. The van der Waals surface area contributed by atoms with Crippen molar-refractivity contribution in [1.82, 2.24) is 5.32 Å². The molecule has 1 heterocycles. The number of carbonyl (C=O) groups excluding carboxylic acids is 1. The molecule has 6 nitrogen and oxygen atoms in total. The highest BCUT2D eigenvalue weighted by Gasteiger charge is 2.23. The molecule has 0 aliphatic heterocycles. The summed E-state index contributed by atoms with van der Waals surface area (Å²) in [5.74, 6) is -0.323. The van der Waals surface area contributed by atoms with Gasteiger partial charge in [0.15, 0.2) is 5.11 Å². The third-order valence-corrected chi connectivity index (χ3v) is 6.37. The van der Waals surface area contributed by atoms with Crippen LogP contribution in [0.3, 0.4) is 0 Å². The van der Waals surface area contributed by atoms with E-state index in [1.165, 1.54) is 7.11 Å². The molecule has 0 bridgehead atoms. The first kappa shape index (κ1) is 24.9. The SMILES string of the molecule is COc1ccc(-c2cc3ccccc3oc2=O)cc1NC(=S)NC(=O)C(c1ccccc1)c1ccccc1. The van der Waals surface area contributed by atoms with Gasteiger partial charge in [-0.3, -0.25) is 4.79 Å². The van der Waals surface area contributed by atoms with Gasteiger partial charge in [0.1, 0.15) is 11.3 Å². The topological polar surface area (TPSA) is 80.6 Å². The molecule has 5 rings (SSSR count). The van der Waals surface area contributed by atoms with Gasteiger partial charge in [0.05, 0.1) is 24.3 Å². The fourth-order valence-corrected chi connectivity index (χ4v) is 4.57. The molecule has 4 aromatic carbocycles. The van der Waals surface area contributed by atoms with Gasteiger partial charge < -0.3 is 19.8 Å². The zero-order valence-corrected chi connectivity index (χ0v) is 21.3. The third-order valence-electron chi connectivity index (χ3n) is 6.16. The Labute approximate surface area is 224 Å². The number of fused-ring (bicyclic) bond motifs is 1. The van der Waals surface area contributed by atoms with Crippen molar-refractivity contribution in [3.05, 3.63) is 131 Å². The summed E-state index contributed by atoms with van der Waals surface area (Å²) in [5, 5.41) is 6.79. The number of hydrogen-bond donors (Lipinski definition) is 2. The van der Waals surface area contributed by atoms with Crippen LogP contribution in [-0.4, -0.2) is 18.1 Å². The van der Waals surface area contributed by atoms with Gasteiger partial charge in [-0.1, -0.05) is 84.9 Å². The maximum absolute atomic E-state index is 13.4. The Hall–Kier alpha value is -4.75. The summed E-state index contributed by atoms with van der Waals surface area (Å²) < 4.78 is 11.0. The van der Waals surface area contributed by atoms with E-state index in [0.717, 1.165) is 16.5 Å². The first-order valence-electron chi connectivity index (χ1n) is 12.0. The van der Waals surface area contributed by atoms with Crippen LogP contribution in [0.4, 0.5) is 5.69 Å². The first-order valence-corrected chi connectivity index (χ1v) is 12.4. The molecular formula is C31H24N2O4S. The summed E-state index contributed by atoms with van der Waals surface area (Å²) in [6.45, 7) is 0. The van der Waals surface area contributed by atoms with E-state index in [4.69, 9.17) is 21.4 Å². The van der Waals surface area contributed by atoms with Crippen LogP contribution in [0.2, 0.25) is 0 Å². The Bertz CT molecular complexity index is 1630. The molecule has 1 amide bonds. The highest BCUT2D eigenvalue weighted by molar-refractivity contribution is 7.80.